The highest BCUT2D eigenvalue weighted by atomic mass is 32.1. The second-order valence-electron chi connectivity index (χ2n) is 5.49. The van der Waals surface area contributed by atoms with Crippen molar-refractivity contribution < 1.29 is 4.79 Å². The normalized spacial score (nSPS) is 19.2. The van der Waals surface area contributed by atoms with Crippen molar-refractivity contribution >= 4 is 33.7 Å². The maximum absolute atomic E-state index is 12.3. The molecule has 1 N–H and O–H groups in total. The summed E-state index contributed by atoms with van der Waals surface area (Å²) in [4.78, 5) is 23.4. The molecule has 2 aromatic heterocycles. The first-order valence-corrected chi connectivity index (χ1v) is 9.36. The van der Waals surface area contributed by atoms with Gasteiger partial charge in [-0.2, -0.15) is 0 Å². The lowest BCUT2D eigenvalue weighted by Gasteiger charge is -2.31. The smallest absolute Gasteiger partial charge is 0.230 e. The maximum atomic E-state index is 12.3. The lowest BCUT2D eigenvalue weighted by atomic mass is 9.97. The van der Waals surface area contributed by atoms with Crippen molar-refractivity contribution in [1.82, 2.24) is 14.9 Å². The molecule has 0 aliphatic carbocycles. The number of aromatic nitrogens is 2. The molecule has 5 nitrogen and oxygen atoms in total. The van der Waals surface area contributed by atoms with Gasteiger partial charge in [-0.05, 0) is 25.8 Å². The first kappa shape index (κ1) is 15.6. The Labute approximate surface area is 138 Å². The Morgan fingerprint density at radius 3 is 3.14 bits per heavy atom. The number of carbonyl (C=O) groups is 1. The Bertz CT molecular complexity index is 611. The SMILES string of the molecule is CCc1nc(CN2CCCC(C(=O)Nc3nccs3)C2)cs1. The van der Waals surface area contributed by atoms with Crippen molar-refractivity contribution in [3.63, 3.8) is 0 Å². The summed E-state index contributed by atoms with van der Waals surface area (Å²) in [6, 6.07) is 0. The quantitative estimate of drug-likeness (QED) is 0.912. The average molecular weight is 336 g/mol. The molecule has 22 heavy (non-hydrogen) atoms. The number of thiazole rings is 2. The second-order valence-corrected chi connectivity index (χ2v) is 7.32. The van der Waals surface area contributed by atoms with Crippen LogP contribution in [0.25, 0.3) is 0 Å². The third kappa shape index (κ3) is 3.91. The molecule has 1 aliphatic heterocycles. The van der Waals surface area contributed by atoms with E-state index in [1.165, 1.54) is 16.3 Å². The van der Waals surface area contributed by atoms with Crippen LogP contribution in [-0.2, 0) is 17.8 Å². The summed E-state index contributed by atoms with van der Waals surface area (Å²) in [7, 11) is 0. The van der Waals surface area contributed by atoms with Crippen LogP contribution in [0.15, 0.2) is 17.0 Å². The third-order valence-electron chi connectivity index (χ3n) is 3.83. The lowest BCUT2D eigenvalue weighted by Crippen LogP contribution is -2.40. The molecule has 118 valence electrons. The third-order valence-corrected chi connectivity index (χ3v) is 5.56. The number of hydrogen-bond acceptors (Lipinski definition) is 6. The molecular formula is C15H20N4OS2. The first-order chi connectivity index (χ1) is 10.7. The minimum atomic E-state index is 0.0435. The molecule has 1 amide bonds. The van der Waals surface area contributed by atoms with Gasteiger partial charge in [-0.25, -0.2) is 9.97 Å². The number of anilines is 1. The highest BCUT2D eigenvalue weighted by Gasteiger charge is 2.26. The predicted molar refractivity (Wildman–Crippen MR) is 90.2 cm³/mol. The molecule has 1 atom stereocenters. The van der Waals surface area contributed by atoms with E-state index in [9.17, 15) is 4.79 Å². The molecule has 7 heteroatoms. The number of nitrogens with one attached hydrogen (secondary N) is 1. The number of amides is 1. The molecule has 1 saturated heterocycles. The fourth-order valence-electron chi connectivity index (χ4n) is 2.72. The van der Waals surface area contributed by atoms with Gasteiger partial charge in [-0.1, -0.05) is 6.92 Å². The minimum Gasteiger partial charge on any atom is -0.302 e. The van der Waals surface area contributed by atoms with Gasteiger partial charge in [0, 0.05) is 30.0 Å². The fourth-order valence-corrected chi connectivity index (χ4v) is 3.99. The van der Waals surface area contributed by atoms with E-state index in [4.69, 9.17) is 0 Å². The molecular weight excluding hydrogens is 316 g/mol. The van der Waals surface area contributed by atoms with Crippen LogP contribution in [0, 0.1) is 5.92 Å². The average Bonchev–Trinajstić information content (AvgIpc) is 3.19. The maximum Gasteiger partial charge on any atom is 0.230 e. The molecule has 3 heterocycles. The van der Waals surface area contributed by atoms with Crippen LogP contribution < -0.4 is 5.32 Å². The molecule has 2 aromatic rings. The molecule has 1 aliphatic rings. The van der Waals surface area contributed by atoms with Gasteiger partial charge >= 0.3 is 0 Å². The van der Waals surface area contributed by atoms with Crippen molar-refractivity contribution in [3.8, 4) is 0 Å². The number of carbonyl (C=O) groups excluding carboxylic acids is 1. The number of piperidine rings is 1. The van der Waals surface area contributed by atoms with E-state index in [0.29, 0.717) is 5.13 Å². The van der Waals surface area contributed by atoms with Crippen molar-refractivity contribution in [2.75, 3.05) is 18.4 Å². The molecule has 1 unspecified atom stereocenters. The molecule has 1 fully saturated rings. The van der Waals surface area contributed by atoms with Gasteiger partial charge in [0.05, 0.1) is 16.6 Å². The fraction of sp³-hybridized carbons (Fsp3) is 0.533. The Kier molecular flexibility index (Phi) is 5.17. The summed E-state index contributed by atoms with van der Waals surface area (Å²) < 4.78 is 0. The van der Waals surface area contributed by atoms with Gasteiger partial charge in [-0.15, -0.1) is 22.7 Å². The number of nitrogens with zero attached hydrogens (tertiary/aromatic N) is 3. The van der Waals surface area contributed by atoms with E-state index in [2.05, 4.69) is 32.5 Å². The van der Waals surface area contributed by atoms with Gasteiger partial charge in [0.25, 0.3) is 0 Å². The van der Waals surface area contributed by atoms with Crippen molar-refractivity contribution in [2.45, 2.75) is 32.7 Å². The van der Waals surface area contributed by atoms with Crippen LogP contribution >= 0.6 is 22.7 Å². The number of hydrogen-bond donors (Lipinski definition) is 1. The summed E-state index contributed by atoms with van der Waals surface area (Å²) in [6.45, 7) is 4.82. The first-order valence-electron chi connectivity index (χ1n) is 7.60. The van der Waals surface area contributed by atoms with Crippen LogP contribution in [0.1, 0.15) is 30.5 Å². The molecule has 0 saturated carbocycles. The van der Waals surface area contributed by atoms with E-state index >= 15 is 0 Å². The van der Waals surface area contributed by atoms with Crippen LogP contribution in [-0.4, -0.2) is 33.9 Å². The largest absolute Gasteiger partial charge is 0.302 e. The van der Waals surface area contributed by atoms with E-state index in [-0.39, 0.29) is 11.8 Å². The van der Waals surface area contributed by atoms with Gasteiger partial charge in [0.15, 0.2) is 5.13 Å². The zero-order valence-electron chi connectivity index (χ0n) is 12.6. The Hall–Kier alpha value is -1.31. The summed E-state index contributed by atoms with van der Waals surface area (Å²) in [5, 5.41) is 8.80. The molecule has 0 spiro atoms. The Morgan fingerprint density at radius 2 is 2.41 bits per heavy atom. The van der Waals surface area contributed by atoms with Crippen molar-refractivity contribution in [3.05, 3.63) is 27.7 Å². The van der Waals surface area contributed by atoms with Gasteiger partial charge in [-0.3, -0.25) is 9.69 Å². The standard InChI is InChI=1S/C15H20N4OS2/c1-2-13-17-12(10-22-13)9-19-6-3-4-11(8-19)14(20)18-15-16-5-7-21-15/h5,7,10-11H,2-4,6,8-9H2,1H3,(H,16,18,20). The van der Waals surface area contributed by atoms with Crippen molar-refractivity contribution in [2.24, 2.45) is 5.92 Å². The molecule has 0 bridgehead atoms. The lowest BCUT2D eigenvalue weighted by molar-refractivity contribution is -0.121. The summed E-state index contributed by atoms with van der Waals surface area (Å²) >= 11 is 3.18. The van der Waals surface area contributed by atoms with Gasteiger partial charge < -0.3 is 5.32 Å². The van der Waals surface area contributed by atoms with Crippen LogP contribution in [0.5, 0.6) is 0 Å². The van der Waals surface area contributed by atoms with Gasteiger partial charge in [0.1, 0.15) is 0 Å². The summed E-state index contributed by atoms with van der Waals surface area (Å²) in [5.74, 6) is 0.133. The molecule has 0 aromatic carbocycles. The van der Waals surface area contributed by atoms with E-state index in [1.807, 2.05) is 5.38 Å². The zero-order chi connectivity index (χ0) is 15.4. The summed E-state index contributed by atoms with van der Waals surface area (Å²) in [5.41, 5.74) is 1.13. The summed E-state index contributed by atoms with van der Waals surface area (Å²) in [6.07, 6.45) is 4.70. The minimum absolute atomic E-state index is 0.0435. The molecule has 0 radical (unpaired) electrons. The monoisotopic (exact) mass is 336 g/mol. The number of aryl methyl sites for hydroxylation is 1. The Morgan fingerprint density at radius 1 is 1.50 bits per heavy atom. The van der Waals surface area contributed by atoms with Crippen LogP contribution in [0.3, 0.4) is 0 Å². The number of rotatable bonds is 5. The Balaban J connectivity index is 1.55. The van der Waals surface area contributed by atoms with Gasteiger partial charge in [0.2, 0.25) is 5.91 Å². The van der Waals surface area contributed by atoms with E-state index < -0.39 is 0 Å². The zero-order valence-corrected chi connectivity index (χ0v) is 14.3. The highest BCUT2D eigenvalue weighted by molar-refractivity contribution is 7.13. The highest BCUT2D eigenvalue weighted by Crippen LogP contribution is 2.21. The second kappa shape index (κ2) is 7.30. The van der Waals surface area contributed by atoms with Crippen LogP contribution in [0.4, 0.5) is 5.13 Å². The predicted octanol–water partition coefficient (Wildman–Crippen LogP) is 3.01. The van der Waals surface area contributed by atoms with E-state index in [0.717, 1.165) is 44.6 Å². The van der Waals surface area contributed by atoms with Crippen LogP contribution in [0.2, 0.25) is 0 Å². The molecule has 3 rings (SSSR count). The number of likely N-dealkylation sites (tertiary alicyclic amines) is 1. The topological polar surface area (TPSA) is 58.1 Å². The van der Waals surface area contributed by atoms with Crippen molar-refractivity contribution in [1.29, 1.82) is 0 Å². The van der Waals surface area contributed by atoms with E-state index in [1.54, 1.807) is 17.5 Å².